The lowest BCUT2D eigenvalue weighted by atomic mass is 10.1. The fourth-order valence-electron chi connectivity index (χ4n) is 4.55. The Hall–Kier alpha value is -3.43. The number of hydrogen-bond acceptors (Lipinski definition) is 5. The zero-order valence-electron chi connectivity index (χ0n) is 19.4. The average molecular weight is 478 g/mol. The van der Waals surface area contributed by atoms with Gasteiger partial charge in [-0.2, -0.15) is 0 Å². The van der Waals surface area contributed by atoms with Crippen LogP contribution in [0.5, 0.6) is 0 Å². The van der Waals surface area contributed by atoms with E-state index in [1.807, 2.05) is 36.2 Å². The van der Waals surface area contributed by atoms with Crippen LogP contribution < -0.4 is 16.2 Å². The van der Waals surface area contributed by atoms with Crippen LogP contribution >= 0.6 is 11.3 Å². The van der Waals surface area contributed by atoms with Crippen molar-refractivity contribution in [3.05, 3.63) is 68.3 Å². The number of nitrogens with two attached hydrogens (primary N) is 1. The van der Waals surface area contributed by atoms with Crippen LogP contribution in [0.25, 0.3) is 22.4 Å². The standard InChI is InChI=1S/C25H28N6O2S/c1-15(11-17-5-3-10-34-17)28-19-6-8-27-24(32)22(19)23-29-20-12-16-14-31(9-4-7-26-2)25(33)18(16)13-21(20)30-23/h3,5-6,8,10,12-13,15,26H,4,7,9,11,14H2,1-2H3,(H,29,30)(H2,27,28,32)/p+1. The Balaban J connectivity index is 1.42. The number of thiophene rings is 1. The second-order valence-corrected chi connectivity index (χ2v) is 9.85. The first-order chi connectivity index (χ1) is 16.5. The molecule has 1 aromatic carbocycles. The van der Waals surface area contributed by atoms with E-state index in [2.05, 4.69) is 39.0 Å². The number of fused-ring (bicyclic) bond motifs is 2. The minimum atomic E-state index is -0.213. The SMILES string of the molecule is C[NH2+]CCCN1Cc2cc3[nH]c(-c4c(NC(C)Cc5cccs5)cc[nH]c4=O)nc3cc2C1=O. The van der Waals surface area contributed by atoms with Crippen LogP contribution in [-0.4, -0.2) is 51.9 Å². The molecule has 0 radical (unpaired) electrons. The number of quaternary nitrogens is 1. The number of nitrogens with zero attached hydrogens (tertiary/aromatic N) is 2. The molecule has 176 valence electrons. The summed E-state index contributed by atoms with van der Waals surface area (Å²) in [7, 11) is 2.04. The first kappa shape index (κ1) is 22.4. The molecule has 8 nitrogen and oxygen atoms in total. The summed E-state index contributed by atoms with van der Waals surface area (Å²) in [6.45, 7) is 4.47. The zero-order chi connectivity index (χ0) is 23.7. The van der Waals surface area contributed by atoms with E-state index in [1.54, 1.807) is 17.5 Å². The molecule has 1 amide bonds. The number of benzene rings is 1. The molecule has 1 aliphatic rings. The van der Waals surface area contributed by atoms with E-state index < -0.39 is 0 Å². The van der Waals surface area contributed by atoms with Crippen LogP contribution in [0.15, 0.2) is 46.7 Å². The molecular formula is C25H29N6O2S+. The molecular weight excluding hydrogens is 448 g/mol. The average Bonchev–Trinajstić information content (AvgIpc) is 3.52. The van der Waals surface area contributed by atoms with Crippen LogP contribution in [-0.2, 0) is 13.0 Å². The summed E-state index contributed by atoms with van der Waals surface area (Å²) in [4.78, 5) is 39.7. The molecule has 5 rings (SSSR count). The molecule has 1 aliphatic heterocycles. The number of carbonyl (C=O) groups is 1. The van der Waals surface area contributed by atoms with Gasteiger partial charge in [-0.1, -0.05) is 6.07 Å². The van der Waals surface area contributed by atoms with Crippen LogP contribution in [0.2, 0.25) is 0 Å². The van der Waals surface area contributed by atoms with Gasteiger partial charge < -0.3 is 25.5 Å². The van der Waals surface area contributed by atoms with Crippen molar-refractivity contribution in [3.63, 3.8) is 0 Å². The fourth-order valence-corrected chi connectivity index (χ4v) is 5.38. The summed E-state index contributed by atoms with van der Waals surface area (Å²) in [6.07, 6.45) is 3.48. The van der Waals surface area contributed by atoms with Crippen LogP contribution in [0.3, 0.4) is 0 Å². The van der Waals surface area contributed by atoms with Gasteiger partial charge in [-0.25, -0.2) is 4.98 Å². The molecule has 3 aromatic heterocycles. The van der Waals surface area contributed by atoms with Crippen molar-refractivity contribution in [2.24, 2.45) is 0 Å². The zero-order valence-corrected chi connectivity index (χ0v) is 20.2. The highest BCUT2D eigenvalue weighted by molar-refractivity contribution is 7.09. The Kier molecular flexibility index (Phi) is 6.21. The number of nitrogens with one attached hydrogen (secondary N) is 3. The number of carbonyl (C=O) groups excluding carboxylic acids is 1. The normalized spacial score (nSPS) is 14.1. The van der Waals surface area contributed by atoms with E-state index in [-0.39, 0.29) is 17.5 Å². The number of rotatable bonds is 9. The highest BCUT2D eigenvalue weighted by Gasteiger charge is 2.28. The topological polar surface area (TPSA) is 110 Å². The van der Waals surface area contributed by atoms with E-state index in [4.69, 9.17) is 4.98 Å². The lowest BCUT2D eigenvalue weighted by molar-refractivity contribution is -0.627. The predicted octanol–water partition coefficient (Wildman–Crippen LogP) is 2.56. The summed E-state index contributed by atoms with van der Waals surface area (Å²) in [5.74, 6) is 0.550. The van der Waals surface area contributed by atoms with Crippen molar-refractivity contribution >= 4 is 34.0 Å². The van der Waals surface area contributed by atoms with Crippen LogP contribution in [0.1, 0.15) is 34.1 Å². The van der Waals surface area contributed by atoms with E-state index in [0.29, 0.717) is 29.0 Å². The van der Waals surface area contributed by atoms with E-state index in [1.165, 1.54) is 4.88 Å². The molecule has 34 heavy (non-hydrogen) atoms. The molecule has 1 atom stereocenters. The van der Waals surface area contributed by atoms with Gasteiger partial charge in [0.05, 0.1) is 30.3 Å². The highest BCUT2D eigenvalue weighted by Crippen LogP contribution is 2.30. The van der Waals surface area contributed by atoms with Gasteiger partial charge in [-0.15, -0.1) is 11.3 Å². The molecule has 0 saturated carbocycles. The van der Waals surface area contributed by atoms with E-state index in [0.717, 1.165) is 42.7 Å². The van der Waals surface area contributed by atoms with Crippen LogP contribution in [0.4, 0.5) is 5.69 Å². The smallest absolute Gasteiger partial charge is 0.261 e. The second-order valence-electron chi connectivity index (χ2n) is 8.81. The Bertz CT molecular complexity index is 1370. The minimum absolute atomic E-state index is 0.0554. The number of imidazole rings is 1. The van der Waals surface area contributed by atoms with Gasteiger partial charge in [-0.05, 0) is 42.1 Å². The minimum Gasteiger partial charge on any atom is -0.381 e. The molecule has 5 N–H and O–H groups in total. The number of anilines is 1. The Labute approximate surface area is 201 Å². The summed E-state index contributed by atoms with van der Waals surface area (Å²) in [5.41, 5.74) is 4.21. The van der Waals surface area contributed by atoms with Gasteiger partial charge in [-0.3, -0.25) is 9.59 Å². The van der Waals surface area contributed by atoms with Gasteiger partial charge >= 0.3 is 0 Å². The maximum Gasteiger partial charge on any atom is 0.261 e. The van der Waals surface area contributed by atoms with Crippen molar-refractivity contribution in [3.8, 4) is 11.4 Å². The first-order valence-corrected chi connectivity index (χ1v) is 12.5. The summed E-state index contributed by atoms with van der Waals surface area (Å²) < 4.78 is 0. The highest BCUT2D eigenvalue weighted by atomic mass is 32.1. The van der Waals surface area contributed by atoms with Crippen LogP contribution in [0, 0.1) is 0 Å². The largest absolute Gasteiger partial charge is 0.381 e. The number of aromatic amines is 2. The number of amides is 1. The second kappa shape index (κ2) is 9.44. The molecule has 4 heterocycles. The third kappa shape index (κ3) is 4.36. The van der Waals surface area contributed by atoms with Gasteiger partial charge in [0, 0.05) is 48.6 Å². The molecule has 9 heteroatoms. The third-order valence-corrected chi connectivity index (χ3v) is 7.09. The maximum absolute atomic E-state index is 12.9. The maximum atomic E-state index is 12.9. The monoisotopic (exact) mass is 477 g/mol. The summed E-state index contributed by atoms with van der Waals surface area (Å²) in [6, 6.07) is 10.0. The van der Waals surface area contributed by atoms with Crippen molar-refractivity contribution in [1.82, 2.24) is 19.9 Å². The Morgan fingerprint density at radius 1 is 1.29 bits per heavy atom. The molecule has 0 saturated heterocycles. The fraction of sp³-hybridized carbons (Fsp3) is 0.320. The summed E-state index contributed by atoms with van der Waals surface area (Å²) >= 11 is 1.73. The molecule has 0 spiro atoms. The molecule has 1 unspecified atom stereocenters. The van der Waals surface area contributed by atoms with Gasteiger partial charge in [0.1, 0.15) is 11.4 Å². The van der Waals surface area contributed by atoms with Crippen molar-refractivity contribution in [2.45, 2.75) is 32.4 Å². The number of pyridine rings is 1. The quantitative estimate of drug-likeness (QED) is 0.278. The first-order valence-electron chi connectivity index (χ1n) is 11.6. The number of hydrogen-bond donors (Lipinski definition) is 4. The van der Waals surface area contributed by atoms with E-state index >= 15 is 0 Å². The van der Waals surface area contributed by atoms with Gasteiger partial charge in [0.15, 0.2) is 0 Å². The van der Waals surface area contributed by atoms with Crippen molar-refractivity contribution < 1.29 is 10.1 Å². The molecule has 0 fully saturated rings. The number of aromatic nitrogens is 3. The summed E-state index contributed by atoms with van der Waals surface area (Å²) in [5, 5.41) is 7.67. The Morgan fingerprint density at radius 3 is 2.97 bits per heavy atom. The third-order valence-electron chi connectivity index (χ3n) is 6.19. The van der Waals surface area contributed by atoms with Crippen molar-refractivity contribution in [1.29, 1.82) is 0 Å². The van der Waals surface area contributed by atoms with E-state index in [9.17, 15) is 9.59 Å². The predicted molar refractivity (Wildman–Crippen MR) is 135 cm³/mol. The Morgan fingerprint density at radius 2 is 2.18 bits per heavy atom. The molecule has 0 aliphatic carbocycles. The lowest BCUT2D eigenvalue weighted by Gasteiger charge is -2.16. The van der Waals surface area contributed by atoms with Gasteiger partial charge in [0.25, 0.3) is 11.5 Å². The van der Waals surface area contributed by atoms with Gasteiger partial charge in [0.2, 0.25) is 0 Å². The lowest BCUT2D eigenvalue weighted by Crippen LogP contribution is -2.79. The molecule has 0 bridgehead atoms. The van der Waals surface area contributed by atoms with Crippen molar-refractivity contribution in [2.75, 3.05) is 25.5 Å². The molecule has 4 aromatic rings. The number of H-pyrrole nitrogens is 2.